The van der Waals surface area contributed by atoms with Gasteiger partial charge in [-0.05, 0) is 18.8 Å². The Kier molecular flexibility index (Phi) is 2.96. The molecule has 88 valence electrons. The first-order valence-electron chi connectivity index (χ1n) is 5.59. The number of carbonyl (C=O) groups excluding carboxylic acids is 1. The van der Waals surface area contributed by atoms with Crippen molar-refractivity contribution >= 4 is 5.91 Å². The van der Waals surface area contributed by atoms with E-state index in [4.69, 9.17) is 5.73 Å². The van der Waals surface area contributed by atoms with E-state index in [9.17, 15) is 4.79 Å². The third kappa shape index (κ3) is 2.09. The number of nitrogens with zero attached hydrogens (tertiary/aromatic N) is 3. The molecular weight excluding hydrogens is 204 g/mol. The molecule has 1 atom stereocenters. The molecule has 1 aromatic rings. The fourth-order valence-corrected chi connectivity index (χ4v) is 2.03. The van der Waals surface area contributed by atoms with Gasteiger partial charge in [0.15, 0.2) is 0 Å². The first-order valence-corrected chi connectivity index (χ1v) is 5.59. The largest absolute Gasteiger partial charge is 0.337 e. The highest BCUT2D eigenvalue weighted by Crippen LogP contribution is 2.34. The summed E-state index contributed by atoms with van der Waals surface area (Å²) in [7, 11) is 3.63. The molecule has 1 heterocycles. The number of aromatic nitrogens is 2. The number of hydrogen-bond donors (Lipinski definition) is 1. The lowest BCUT2D eigenvalue weighted by molar-refractivity contribution is 0.0718. The first kappa shape index (κ1) is 11.1. The van der Waals surface area contributed by atoms with Gasteiger partial charge < -0.3 is 10.6 Å². The second kappa shape index (κ2) is 4.25. The van der Waals surface area contributed by atoms with E-state index in [1.54, 1.807) is 29.0 Å². The van der Waals surface area contributed by atoms with Gasteiger partial charge in [0.25, 0.3) is 5.91 Å². The Balaban J connectivity index is 2.08. The van der Waals surface area contributed by atoms with Gasteiger partial charge in [-0.1, -0.05) is 0 Å². The van der Waals surface area contributed by atoms with Gasteiger partial charge in [0.05, 0.1) is 11.8 Å². The average molecular weight is 222 g/mol. The molecule has 2 rings (SSSR count). The minimum absolute atomic E-state index is 0.00968. The molecule has 0 saturated heterocycles. The first-order chi connectivity index (χ1) is 7.63. The zero-order chi connectivity index (χ0) is 11.7. The lowest BCUT2D eigenvalue weighted by Gasteiger charge is -2.26. The molecule has 0 aromatic carbocycles. The van der Waals surface area contributed by atoms with Gasteiger partial charge in [0, 0.05) is 32.9 Å². The minimum atomic E-state index is 0.00968. The standard InChI is InChI=1S/C11H18N4O/c1-14-7-9(6-13-14)11(16)15(2)10(5-12)8-3-4-8/h6-8,10H,3-5,12H2,1-2H3. The Morgan fingerprint density at radius 1 is 1.75 bits per heavy atom. The van der Waals surface area contributed by atoms with Gasteiger partial charge in [-0.15, -0.1) is 0 Å². The summed E-state index contributed by atoms with van der Waals surface area (Å²) >= 11 is 0. The number of hydrogen-bond acceptors (Lipinski definition) is 3. The van der Waals surface area contributed by atoms with Gasteiger partial charge in [-0.2, -0.15) is 5.10 Å². The van der Waals surface area contributed by atoms with Crippen LogP contribution in [-0.4, -0.2) is 40.2 Å². The van der Waals surface area contributed by atoms with Gasteiger partial charge in [-0.3, -0.25) is 9.48 Å². The van der Waals surface area contributed by atoms with Gasteiger partial charge in [0.2, 0.25) is 0 Å². The maximum absolute atomic E-state index is 12.1. The van der Waals surface area contributed by atoms with Crippen LogP contribution in [0.15, 0.2) is 12.4 Å². The summed E-state index contributed by atoms with van der Waals surface area (Å²) in [6.07, 6.45) is 5.71. The van der Waals surface area contributed by atoms with E-state index in [0.717, 1.165) is 0 Å². The van der Waals surface area contributed by atoms with Crippen LogP contribution < -0.4 is 5.73 Å². The SMILES string of the molecule is CN(C(=O)c1cnn(C)c1)C(CN)C1CC1. The molecule has 1 unspecified atom stereocenters. The highest BCUT2D eigenvalue weighted by atomic mass is 16.2. The van der Waals surface area contributed by atoms with E-state index in [1.165, 1.54) is 12.8 Å². The number of amides is 1. The van der Waals surface area contributed by atoms with Crippen LogP contribution in [0, 0.1) is 5.92 Å². The van der Waals surface area contributed by atoms with Crippen LogP contribution in [0.3, 0.4) is 0 Å². The second-order valence-corrected chi connectivity index (χ2v) is 4.46. The minimum Gasteiger partial charge on any atom is -0.337 e. The van der Waals surface area contributed by atoms with Crippen molar-refractivity contribution in [1.82, 2.24) is 14.7 Å². The Morgan fingerprint density at radius 2 is 2.44 bits per heavy atom. The molecule has 0 spiro atoms. The molecular formula is C11H18N4O. The lowest BCUT2D eigenvalue weighted by Crippen LogP contribution is -2.43. The molecule has 2 N–H and O–H groups in total. The topological polar surface area (TPSA) is 64.2 Å². The van der Waals surface area contributed by atoms with Crippen molar-refractivity contribution in [2.45, 2.75) is 18.9 Å². The van der Waals surface area contributed by atoms with Crippen molar-refractivity contribution in [3.05, 3.63) is 18.0 Å². The predicted molar refractivity (Wildman–Crippen MR) is 60.9 cm³/mol. The molecule has 1 aliphatic rings. The van der Waals surface area contributed by atoms with E-state index in [1.807, 2.05) is 7.05 Å². The smallest absolute Gasteiger partial charge is 0.257 e. The van der Waals surface area contributed by atoms with Crippen LogP contribution in [0.4, 0.5) is 0 Å². The molecule has 0 bridgehead atoms. The summed E-state index contributed by atoms with van der Waals surface area (Å²) in [5.74, 6) is 0.603. The molecule has 1 amide bonds. The van der Waals surface area contributed by atoms with Crippen LogP contribution in [0.5, 0.6) is 0 Å². The zero-order valence-electron chi connectivity index (χ0n) is 9.76. The summed E-state index contributed by atoms with van der Waals surface area (Å²) in [6, 6.07) is 0.174. The van der Waals surface area contributed by atoms with Crippen molar-refractivity contribution in [2.24, 2.45) is 18.7 Å². The lowest BCUT2D eigenvalue weighted by atomic mass is 10.1. The third-order valence-corrected chi connectivity index (χ3v) is 3.18. The molecule has 1 aliphatic carbocycles. The number of rotatable bonds is 4. The number of carbonyl (C=O) groups is 1. The maximum Gasteiger partial charge on any atom is 0.257 e. The molecule has 1 aromatic heterocycles. The number of nitrogens with two attached hydrogens (primary N) is 1. The van der Waals surface area contributed by atoms with Crippen LogP contribution in [0.2, 0.25) is 0 Å². The summed E-state index contributed by atoms with van der Waals surface area (Å²) in [6.45, 7) is 0.535. The van der Waals surface area contributed by atoms with Crippen LogP contribution in [0.25, 0.3) is 0 Å². The van der Waals surface area contributed by atoms with E-state index in [-0.39, 0.29) is 11.9 Å². The van der Waals surface area contributed by atoms with E-state index in [2.05, 4.69) is 5.10 Å². The quantitative estimate of drug-likeness (QED) is 0.793. The molecule has 5 nitrogen and oxygen atoms in total. The fourth-order valence-electron chi connectivity index (χ4n) is 2.03. The van der Waals surface area contributed by atoms with E-state index in [0.29, 0.717) is 18.0 Å². The van der Waals surface area contributed by atoms with Crippen molar-refractivity contribution in [2.75, 3.05) is 13.6 Å². The second-order valence-electron chi connectivity index (χ2n) is 4.46. The molecule has 16 heavy (non-hydrogen) atoms. The Morgan fingerprint density at radius 3 is 2.88 bits per heavy atom. The summed E-state index contributed by atoms with van der Waals surface area (Å²) in [4.78, 5) is 13.9. The molecule has 1 fully saturated rings. The summed E-state index contributed by atoms with van der Waals surface area (Å²) in [5, 5.41) is 4.00. The number of likely N-dealkylation sites (N-methyl/N-ethyl adjacent to an activating group) is 1. The van der Waals surface area contributed by atoms with E-state index < -0.39 is 0 Å². The molecule has 0 aliphatic heterocycles. The summed E-state index contributed by atoms with van der Waals surface area (Å²) in [5.41, 5.74) is 6.35. The van der Waals surface area contributed by atoms with E-state index >= 15 is 0 Å². The highest BCUT2D eigenvalue weighted by Gasteiger charge is 2.35. The van der Waals surface area contributed by atoms with Crippen molar-refractivity contribution in [1.29, 1.82) is 0 Å². The highest BCUT2D eigenvalue weighted by molar-refractivity contribution is 5.93. The normalized spacial score (nSPS) is 17.2. The van der Waals surface area contributed by atoms with Crippen LogP contribution in [-0.2, 0) is 7.05 Å². The Labute approximate surface area is 95.2 Å². The van der Waals surface area contributed by atoms with Gasteiger partial charge in [0.1, 0.15) is 0 Å². The van der Waals surface area contributed by atoms with Gasteiger partial charge >= 0.3 is 0 Å². The number of aryl methyl sites for hydroxylation is 1. The van der Waals surface area contributed by atoms with Crippen LogP contribution >= 0.6 is 0 Å². The van der Waals surface area contributed by atoms with Crippen molar-refractivity contribution in [3.8, 4) is 0 Å². The Hall–Kier alpha value is -1.36. The Bertz CT molecular complexity index is 383. The van der Waals surface area contributed by atoms with Gasteiger partial charge in [-0.25, -0.2) is 0 Å². The molecule has 0 radical (unpaired) electrons. The monoisotopic (exact) mass is 222 g/mol. The fraction of sp³-hybridized carbons (Fsp3) is 0.636. The predicted octanol–water partition coefficient (Wildman–Crippen LogP) is 0.229. The zero-order valence-corrected chi connectivity index (χ0v) is 9.76. The molecule has 1 saturated carbocycles. The average Bonchev–Trinajstić information content (AvgIpc) is 3.00. The molecule has 5 heteroatoms. The third-order valence-electron chi connectivity index (χ3n) is 3.18. The maximum atomic E-state index is 12.1. The van der Waals surface area contributed by atoms with Crippen molar-refractivity contribution < 1.29 is 4.79 Å². The summed E-state index contributed by atoms with van der Waals surface area (Å²) < 4.78 is 1.63. The van der Waals surface area contributed by atoms with Crippen LogP contribution in [0.1, 0.15) is 23.2 Å². The van der Waals surface area contributed by atoms with Crippen molar-refractivity contribution in [3.63, 3.8) is 0 Å².